The van der Waals surface area contributed by atoms with E-state index in [-0.39, 0.29) is 23.9 Å². The van der Waals surface area contributed by atoms with Gasteiger partial charge in [0.2, 0.25) is 5.91 Å². The van der Waals surface area contributed by atoms with Gasteiger partial charge in [-0.1, -0.05) is 37.8 Å². The van der Waals surface area contributed by atoms with Crippen LogP contribution in [-0.2, 0) is 4.79 Å². The summed E-state index contributed by atoms with van der Waals surface area (Å²) in [5.74, 6) is 0.889. The van der Waals surface area contributed by atoms with Crippen molar-refractivity contribution in [3.63, 3.8) is 0 Å². The number of halogens is 1. The number of nitrogens with zero attached hydrogens (tertiary/aromatic N) is 2. The summed E-state index contributed by atoms with van der Waals surface area (Å²) in [6.45, 7) is 9.34. The van der Waals surface area contributed by atoms with E-state index in [0.29, 0.717) is 47.9 Å². The van der Waals surface area contributed by atoms with Crippen molar-refractivity contribution in [2.24, 2.45) is 5.92 Å². The van der Waals surface area contributed by atoms with Crippen molar-refractivity contribution in [3.05, 3.63) is 40.9 Å². The molecule has 2 fully saturated rings. The maximum Gasteiger partial charge on any atom is 0.224 e. The maximum atomic E-state index is 13.1. The lowest BCUT2D eigenvalue weighted by molar-refractivity contribution is -0.116. The first-order valence-corrected chi connectivity index (χ1v) is 17.8. The number of nitriles is 1. The number of hydrogen-bond donors (Lipinski definition) is 4. The van der Waals surface area contributed by atoms with Gasteiger partial charge in [-0.15, -0.1) is 0 Å². The molecule has 0 spiro atoms. The van der Waals surface area contributed by atoms with Gasteiger partial charge >= 0.3 is 0 Å². The molecule has 5 rings (SSSR count). The van der Waals surface area contributed by atoms with E-state index in [4.69, 9.17) is 21.1 Å². The fourth-order valence-electron chi connectivity index (χ4n) is 6.96. The predicted molar refractivity (Wildman–Crippen MR) is 186 cm³/mol. The number of ether oxygens (including phenoxy) is 2. The zero-order chi connectivity index (χ0) is 32.3. The fourth-order valence-corrected chi connectivity index (χ4v) is 7.20. The average Bonchev–Trinajstić information content (AvgIpc) is 3.06. The Morgan fingerprint density at radius 3 is 2.65 bits per heavy atom. The number of carbonyl (C=O) groups excluding carboxylic acids is 1. The van der Waals surface area contributed by atoms with Gasteiger partial charge in [-0.3, -0.25) is 4.79 Å². The monoisotopic (exact) mass is 650 g/mol. The fraction of sp³-hybridized carbons (Fsp3) is 0.611. The van der Waals surface area contributed by atoms with E-state index in [1.165, 1.54) is 32.1 Å². The number of piperidine rings is 2. The normalized spacial score (nSPS) is 23.0. The second kappa shape index (κ2) is 17.1. The van der Waals surface area contributed by atoms with E-state index >= 15 is 0 Å². The number of likely N-dealkylation sites (tertiary alicyclic amines) is 1. The minimum atomic E-state index is -0.356. The molecule has 2 saturated heterocycles. The Balaban J connectivity index is 1.35. The maximum absolute atomic E-state index is 13.1. The molecule has 2 aromatic carbocycles. The molecule has 9 nitrogen and oxygen atoms in total. The number of hydrogen-bond acceptors (Lipinski definition) is 8. The molecule has 0 saturated carbocycles. The summed E-state index contributed by atoms with van der Waals surface area (Å²) in [5, 5.41) is 24.8. The van der Waals surface area contributed by atoms with Crippen LogP contribution >= 0.6 is 11.6 Å². The van der Waals surface area contributed by atoms with E-state index in [0.717, 1.165) is 68.8 Å². The first-order valence-electron chi connectivity index (χ1n) is 17.4. The number of fused-ring (bicyclic) bond motifs is 1. The highest BCUT2D eigenvalue weighted by molar-refractivity contribution is 6.32. The largest absolute Gasteiger partial charge is 0.492 e. The molecule has 3 aliphatic heterocycles. The number of carbonyl (C=O) groups is 1. The Morgan fingerprint density at radius 1 is 1.09 bits per heavy atom. The van der Waals surface area contributed by atoms with Crippen LogP contribution in [0, 0.1) is 17.2 Å². The van der Waals surface area contributed by atoms with Crippen molar-refractivity contribution in [2.75, 3.05) is 55.3 Å². The van der Waals surface area contributed by atoms with Crippen LogP contribution in [0.25, 0.3) is 0 Å². The van der Waals surface area contributed by atoms with Gasteiger partial charge in [-0.25, -0.2) is 0 Å². The van der Waals surface area contributed by atoms with Gasteiger partial charge in [0.25, 0.3) is 0 Å². The molecule has 0 aromatic heterocycles. The minimum absolute atomic E-state index is 0.0299. The van der Waals surface area contributed by atoms with Gasteiger partial charge in [-0.05, 0) is 95.9 Å². The third-order valence-electron chi connectivity index (χ3n) is 9.38. The molecule has 2 aromatic rings. The third kappa shape index (κ3) is 8.99. The molecular formula is C36H51ClN6O3. The highest BCUT2D eigenvalue weighted by Crippen LogP contribution is 2.45. The molecule has 0 aliphatic carbocycles. The van der Waals surface area contributed by atoms with E-state index in [1.807, 2.05) is 37.3 Å². The number of amides is 1. The van der Waals surface area contributed by atoms with E-state index in [9.17, 15) is 10.1 Å². The zero-order valence-corrected chi connectivity index (χ0v) is 28.3. The van der Waals surface area contributed by atoms with Crippen LogP contribution in [0.2, 0.25) is 5.02 Å². The molecule has 1 amide bonds. The molecule has 3 aliphatic rings. The highest BCUT2D eigenvalue weighted by atomic mass is 35.5. The second-order valence-electron chi connectivity index (χ2n) is 12.8. The molecule has 250 valence electrons. The molecule has 3 heterocycles. The first-order chi connectivity index (χ1) is 22.5. The molecular weight excluding hydrogens is 600 g/mol. The first kappa shape index (κ1) is 34.2. The summed E-state index contributed by atoms with van der Waals surface area (Å²) in [6.07, 6.45) is 10.4. The lowest BCUT2D eigenvalue weighted by Gasteiger charge is -2.38. The molecule has 4 atom stereocenters. The van der Waals surface area contributed by atoms with Gasteiger partial charge in [0.1, 0.15) is 18.1 Å². The topological polar surface area (TPSA) is 111 Å². The van der Waals surface area contributed by atoms with Crippen LogP contribution in [0.4, 0.5) is 17.1 Å². The zero-order valence-electron chi connectivity index (χ0n) is 27.5. The summed E-state index contributed by atoms with van der Waals surface area (Å²) in [7, 11) is 0. The summed E-state index contributed by atoms with van der Waals surface area (Å²) in [4.78, 5) is 15.6. The van der Waals surface area contributed by atoms with Crippen LogP contribution in [0.15, 0.2) is 30.3 Å². The standard InChI is InChI=1S/C36H51ClN6O3/c1-3-11-30-28(23-38)36(40-25-14-15-33(29(37)20-25)46-24-26-12-6-7-16-39-26)27-21-32(34(45-4-2)22-31(27)41-30)42-35(44)13-10-19-43-17-8-5-9-18-43/h14-15,20-22,26,28,30,36,39-41H,3-13,16-19,24H2,1-2H3,(H,42,44). The molecule has 4 unspecified atom stereocenters. The van der Waals surface area contributed by atoms with E-state index in [1.54, 1.807) is 0 Å². The van der Waals surface area contributed by atoms with Crippen molar-refractivity contribution in [2.45, 2.75) is 96.2 Å². The van der Waals surface area contributed by atoms with Gasteiger partial charge < -0.3 is 35.6 Å². The molecule has 10 heteroatoms. The van der Waals surface area contributed by atoms with Crippen molar-refractivity contribution < 1.29 is 14.3 Å². The predicted octanol–water partition coefficient (Wildman–Crippen LogP) is 7.35. The van der Waals surface area contributed by atoms with Crippen molar-refractivity contribution in [1.29, 1.82) is 5.26 Å². The Kier molecular flexibility index (Phi) is 12.7. The van der Waals surface area contributed by atoms with Gasteiger partial charge in [0.05, 0.1) is 35.3 Å². The number of rotatable bonds is 14. The lowest BCUT2D eigenvalue weighted by atomic mass is 9.81. The van der Waals surface area contributed by atoms with Crippen molar-refractivity contribution in [1.82, 2.24) is 10.2 Å². The van der Waals surface area contributed by atoms with Crippen molar-refractivity contribution in [3.8, 4) is 17.6 Å². The Hall–Kier alpha value is -3.19. The molecule has 0 radical (unpaired) electrons. The summed E-state index contributed by atoms with van der Waals surface area (Å²) >= 11 is 6.71. The van der Waals surface area contributed by atoms with Crippen LogP contribution in [0.3, 0.4) is 0 Å². The van der Waals surface area contributed by atoms with Gasteiger partial charge in [0.15, 0.2) is 0 Å². The molecule has 0 bridgehead atoms. The number of benzene rings is 2. The third-order valence-corrected chi connectivity index (χ3v) is 9.67. The Labute approximate surface area is 279 Å². The van der Waals surface area contributed by atoms with Crippen molar-refractivity contribution >= 4 is 34.6 Å². The molecule has 46 heavy (non-hydrogen) atoms. The van der Waals surface area contributed by atoms with Crippen LogP contribution < -0.4 is 30.7 Å². The van der Waals surface area contributed by atoms with Crippen LogP contribution in [0.1, 0.15) is 89.7 Å². The van der Waals surface area contributed by atoms with Crippen LogP contribution in [0.5, 0.6) is 11.5 Å². The lowest BCUT2D eigenvalue weighted by Crippen LogP contribution is -2.40. The van der Waals surface area contributed by atoms with Gasteiger partial charge in [0, 0.05) is 41.5 Å². The molecule has 4 N–H and O–H groups in total. The quantitative estimate of drug-likeness (QED) is 0.168. The Bertz CT molecular complexity index is 1340. The summed E-state index contributed by atoms with van der Waals surface area (Å²) < 4.78 is 12.1. The van der Waals surface area contributed by atoms with Crippen LogP contribution in [-0.4, -0.2) is 62.3 Å². The van der Waals surface area contributed by atoms with E-state index < -0.39 is 0 Å². The average molecular weight is 651 g/mol. The SMILES string of the molecule is CCCC1Nc2cc(OCC)c(NC(=O)CCCN3CCCCC3)cc2C(Nc2ccc(OCC3CCCCN3)c(Cl)c2)C1C#N. The smallest absolute Gasteiger partial charge is 0.224 e. The van der Waals surface area contributed by atoms with Gasteiger partial charge in [-0.2, -0.15) is 5.26 Å². The Morgan fingerprint density at radius 2 is 1.93 bits per heavy atom. The highest BCUT2D eigenvalue weighted by Gasteiger charge is 2.37. The number of anilines is 3. The minimum Gasteiger partial charge on any atom is -0.492 e. The second-order valence-corrected chi connectivity index (χ2v) is 13.2. The summed E-state index contributed by atoms with van der Waals surface area (Å²) in [6, 6.07) is 12.2. The summed E-state index contributed by atoms with van der Waals surface area (Å²) in [5.41, 5.74) is 3.24. The number of nitrogens with one attached hydrogen (secondary N) is 4. The van der Waals surface area contributed by atoms with E-state index in [2.05, 4.69) is 39.2 Å².